The van der Waals surface area contributed by atoms with Crippen molar-refractivity contribution in [2.75, 3.05) is 0 Å². The number of nitrogens with one attached hydrogen (secondary N) is 1. The summed E-state index contributed by atoms with van der Waals surface area (Å²) in [6, 6.07) is 26.7. The maximum absolute atomic E-state index is 6.10. The second-order valence-corrected chi connectivity index (χ2v) is 5.94. The Kier molecular flexibility index (Phi) is 4.34. The molecule has 0 spiro atoms. The van der Waals surface area contributed by atoms with Crippen molar-refractivity contribution < 1.29 is 4.74 Å². The summed E-state index contributed by atoms with van der Waals surface area (Å²) in [5, 5.41) is 1.12. The third-order valence-corrected chi connectivity index (χ3v) is 4.19. The smallest absolute Gasteiger partial charge is 0.129 e. The average Bonchev–Trinajstić information content (AvgIpc) is 3.10. The van der Waals surface area contributed by atoms with Crippen LogP contribution in [0.15, 0.2) is 85.1 Å². The number of rotatable bonds is 5. The van der Waals surface area contributed by atoms with Crippen LogP contribution in [0.3, 0.4) is 0 Å². The molecule has 4 aromatic rings. The summed E-state index contributed by atoms with van der Waals surface area (Å²) in [4.78, 5) is 3.33. The Morgan fingerprint density at radius 1 is 0.760 bits per heavy atom. The van der Waals surface area contributed by atoms with Crippen molar-refractivity contribution in [3.05, 3.63) is 102 Å². The second-order valence-electron chi connectivity index (χ2n) is 5.94. The minimum absolute atomic E-state index is 0.562. The fraction of sp³-hybridized carbons (Fsp3) is 0.0435. The highest BCUT2D eigenvalue weighted by Gasteiger charge is 2.08. The molecule has 0 aliphatic rings. The predicted molar refractivity (Wildman–Crippen MR) is 104 cm³/mol. The minimum Gasteiger partial charge on any atom is -0.488 e. The van der Waals surface area contributed by atoms with Crippen molar-refractivity contribution in [2.24, 2.45) is 0 Å². The Morgan fingerprint density at radius 3 is 2.32 bits per heavy atom. The third kappa shape index (κ3) is 3.48. The monoisotopic (exact) mass is 325 g/mol. The molecule has 0 aliphatic heterocycles. The van der Waals surface area contributed by atoms with Gasteiger partial charge in [0.05, 0.1) is 0 Å². The Hall–Kier alpha value is -3.26. The van der Waals surface area contributed by atoms with Gasteiger partial charge in [0, 0.05) is 22.7 Å². The highest BCUT2D eigenvalue weighted by atomic mass is 16.5. The fourth-order valence-corrected chi connectivity index (χ4v) is 2.91. The standard InChI is InChI=1S/C23H19NO/c1-3-8-18(9-4-1)14-15-20-16-24-21-12-7-13-22(23(20)21)25-17-19-10-5-2-6-11-19/h1-16,24H,17H2. The molecule has 1 aromatic heterocycles. The van der Waals surface area contributed by atoms with E-state index in [2.05, 4.69) is 47.5 Å². The Labute approximate surface area is 147 Å². The summed E-state index contributed by atoms with van der Waals surface area (Å²) in [7, 11) is 0. The van der Waals surface area contributed by atoms with Gasteiger partial charge in [-0.1, -0.05) is 78.9 Å². The van der Waals surface area contributed by atoms with Crippen molar-refractivity contribution in [3.63, 3.8) is 0 Å². The topological polar surface area (TPSA) is 25.0 Å². The Balaban J connectivity index is 1.64. The van der Waals surface area contributed by atoms with Gasteiger partial charge in [-0.2, -0.15) is 0 Å². The molecule has 1 N–H and O–H groups in total. The molecule has 0 unspecified atom stereocenters. The lowest BCUT2D eigenvalue weighted by atomic mass is 10.1. The maximum Gasteiger partial charge on any atom is 0.129 e. The van der Waals surface area contributed by atoms with E-state index in [1.807, 2.05) is 54.7 Å². The van der Waals surface area contributed by atoms with E-state index in [1.54, 1.807) is 0 Å². The van der Waals surface area contributed by atoms with E-state index in [1.165, 1.54) is 5.56 Å². The fourth-order valence-electron chi connectivity index (χ4n) is 2.91. The molecule has 3 aromatic carbocycles. The molecular formula is C23H19NO. The molecular weight excluding hydrogens is 306 g/mol. The predicted octanol–water partition coefficient (Wildman–Crippen LogP) is 5.92. The zero-order valence-corrected chi connectivity index (χ0v) is 13.9. The van der Waals surface area contributed by atoms with Gasteiger partial charge in [-0.15, -0.1) is 0 Å². The van der Waals surface area contributed by atoms with Gasteiger partial charge in [0.1, 0.15) is 12.4 Å². The molecule has 0 saturated heterocycles. The molecule has 1 heterocycles. The van der Waals surface area contributed by atoms with Crippen LogP contribution in [0.5, 0.6) is 5.75 Å². The van der Waals surface area contributed by atoms with Crippen LogP contribution in [0.2, 0.25) is 0 Å². The molecule has 0 fully saturated rings. The number of benzene rings is 3. The zero-order chi connectivity index (χ0) is 16.9. The van der Waals surface area contributed by atoms with Crippen LogP contribution in [-0.4, -0.2) is 4.98 Å². The van der Waals surface area contributed by atoms with E-state index in [0.717, 1.165) is 27.8 Å². The number of hydrogen-bond acceptors (Lipinski definition) is 1. The van der Waals surface area contributed by atoms with E-state index in [-0.39, 0.29) is 0 Å². The van der Waals surface area contributed by atoms with Gasteiger partial charge < -0.3 is 9.72 Å². The molecule has 0 saturated carbocycles. The first-order chi connectivity index (χ1) is 12.4. The summed E-state index contributed by atoms with van der Waals surface area (Å²) in [5.41, 5.74) is 4.55. The number of aromatic amines is 1. The Morgan fingerprint density at radius 2 is 1.52 bits per heavy atom. The summed E-state index contributed by atoms with van der Waals surface area (Å²) >= 11 is 0. The van der Waals surface area contributed by atoms with Crippen LogP contribution >= 0.6 is 0 Å². The van der Waals surface area contributed by atoms with Crippen molar-refractivity contribution in [1.82, 2.24) is 4.98 Å². The number of aromatic nitrogens is 1. The van der Waals surface area contributed by atoms with Crippen molar-refractivity contribution >= 4 is 23.1 Å². The molecule has 0 atom stereocenters. The largest absolute Gasteiger partial charge is 0.488 e. The summed E-state index contributed by atoms with van der Waals surface area (Å²) in [5.74, 6) is 0.898. The first-order valence-corrected chi connectivity index (χ1v) is 8.40. The van der Waals surface area contributed by atoms with Gasteiger partial charge in [-0.05, 0) is 23.3 Å². The van der Waals surface area contributed by atoms with Gasteiger partial charge in [-0.3, -0.25) is 0 Å². The van der Waals surface area contributed by atoms with E-state index in [0.29, 0.717) is 6.61 Å². The number of fused-ring (bicyclic) bond motifs is 1. The summed E-state index contributed by atoms with van der Waals surface area (Å²) in [6.07, 6.45) is 6.28. The Bertz CT molecular complexity index is 984. The molecule has 25 heavy (non-hydrogen) atoms. The molecule has 0 amide bonds. The van der Waals surface area contributed by atoms with Gasteiger partial charge in [0.2, 0.25) is 0 Å². The number of ether oxygens (including phenoxy) is 1. The normalized spacial score (nSPS) is 11.2. The molecule has 2 nitrogen and oxygen atoms in total. The van der Waals surface area contributed by atoms with Gasteiger partial charge in [0.25, 0.3) is 0 Å². The molecule has 2 heteroatoms. The maximum atomic E-state index is 6.10. The van der Waals surface area contributed by atoms with E-state index < -0.39 is 0 Å². The van der Waals surface area contributed by atoms with Gasteiger partial charge in [0.15, 0.2) is 0 Å². The second kappa shape index (κ2) is 7.10. The van der Waals surface area contributed by atoms with Crippen molar-refractivity contribution in [1.29, 1.82) is 0 Å². The summed E-state index contributed by atoms with van der Waals surface area (Å²) in [6.45, 7) is 0.562. The number of hydrogen-bond donors (Lipinski definition) is 1. The van der Waals surface area contributed by atoms with Crippen LogP contribution in [-0.2, 0) is 6.61 Å². The highest BCUT2D eigenvalue weighted by molar-refractivity contribution is 5.96. The molecule has 0 aliphatic carbocycles. The third-order valence-electron chi connectivity index (χ3n) is 4.19. The van der Waals surface area contributed by atoms with Gasteiger partial charge >= 0.3 is 0 Å². The summed E-state index contributed by atoms with van der Waals surface area (Å²) < 4.78 is 6.10. The van der Waals surface area contributed by atoms with E-state index in [9.17, 15) is 0 Å². The van der Waals surface area contributed by atoms with Crippen LogP contribution in [0.25, 0.3) is 23.1 Å². The number of H-pyrrole nitrogens is 1. The lowest BCUT2D eigenvalue weighted by molar-refractivity contribution is 0.310. The lowest BCUT2D eigenvalue weighted by Gasteiger charge is -2.08. The minimum atomic E-state index is 0.562. The first-order valence-electron chi connectivity index (χ1n) is 8.40. The SMILES string of the molecule is C(=Cc1c[nH]c2cccc(OCc3ccccc3)c12)c1ccccc1. The average molecular weight is 325 g/mol. The van der Waals surface area contributed by atoms with Crippen LogP contribution in [0, 0.1) is 0 Å². The van der Waals surface area contributed by atoms with Gasteiger partial charge in [-0.25, -0.2) is 0 Å². The van der Waals surface area contributed by atoms with Crippen LogP contribution in [0.1, 0.15) is 16.7 Å². The molecule has 4 rings (SSSR count). The zero-order valence-electron chi connectivity index (χ0n) is 13.9. The van der Waals surface area contributed by atoms with Crippen LogP contribution < -0.4 is 4.74 Å². The quantitative estimate of drug-likeness (QED) is 0.484. The molecule has 122 valence electrons. The molecule has 0 radical (unpaired) electrons. The van der Waals surface area contributed by atoms with Crippen molar-refractivity contribution in [2.45, 2.75) is 6.61 Å². The van der Waals surface area contributed by atoms with E-state index in [4.69, 9.17) is 4.74 Å². The first kappa shape index (κ1) is 15.3. The van der Waals surface area contributed by atoms with Crippen LogP contribution in [0.4, 0.5) is 0 Å². The molecule has 0 bridgehead atoms. The highest BCUT2D eigenvalue weighted by Crippen LogP contribution is 2.30. The van der Waals surface area contributed by atoms with Crippen molar-refractivity contribution in [3.8, 4) is 5.75 Å². The van der Waals surface area contributed by atoms with E-state index >= 15 is 0 Å². The lowest BCUT2D eigenvalue weighted by Crippen LogP contribution is -1.95.